The predicted octanol–water partition coefficient (Wildman–Crippen LogP) is 7.55. The highest BCUT2D eigenvalue weighted by molar-refractivity contribution is 6.23. The number of aliphatic carboxylic acids is 1. The van der Waals surface area contributed by atoms with Crippen LogP contribution in [0.4, 0.5) is 5.82 Å². The molecule has 1 aliphatic carbocycles. The number of aromatic nitrogens is 6. The van der Waals surface area contributed by atoms with Crippen molar-refractivity contribution in [2.45, 2.75) is 129 Å². The average molecular weight is 889 g/mol. The van der Waals surface area contributed by atoms with E-state index in [1.807, 2.05) is 52.8 Å². The largest absolute Gasteiger partial charge is 0.480 e. The van der Waals surface area contributed by atoms with Crippen LogP contribution >= 0.6 is 0 Å². The lowest BCUT2D eigenvalue weighted by Crippen LogP contribution is -2.41. The molecule has 3 aliphatic rings. The number of hydrogen-bond donors (Lipinski definition) is 6. The summed E-state index contributed by atoms with van der Waals surface area (Å²) in [6, 6.07) is 4.43. The zero-order valence-electron chi connectivity index (χ0n) is 38.1. The van der Waals surface area contributed by atoms with Crippen LogP contribution < -0.4 is 10.6 Å². The second-order valence-corrected chi connectivity index (χ2v) is 17.5. The van der Waals surface area contributed by atoms with Crippen LogP contribution in [0.2, 0.25) is 0 Å². The van der Waals surface area contributed by atoms with Crippen molar-refractivity contribution >= 4 is 63.2 Å². The molecular weight excluding hydrogens is 833 g/mol. The summed E-state index contributed by atoms with van der Waals surface area (Å²) in [5.74, 6) is -5.31. The van der Waals surface area contributed by atoms with Gasteiger partial charge in [-0.25, -0.2) is 9.78 Å². The van der Waals surface area contributed by atoms with Crippen molar-refractivity contribution in [3.05, 3.63) is 80.8 Å². The summed E-state index contributed by atoms with van der Waals surface area (Å²) in [6.45, 7) is 15.2. The van der Waals surface area contributed by atoms with Crippen LogP contribution in [0.3, 0.4) is 0 Å². The summed E-state index contributed by atoms with van der Waals surface area (Å²) in [4.78, 5) is 104. The van der Waals surface area contributed by atoms with Crippen LogP contribution in [-0.4, -0.2) is 96.1 Å². The number of carbonyl (C=O) groups excluding carboxylic acids is 5. The lowest BCUT2D eigenvalue weighted by Gasteiger charge is -2.19. The van der Waals surface area contributed by atoms with Gasteiger partial charge in [0.1, 0.15) is 12.0 Å². The summed E-state index contributed by atoms with van der Waals surface area (Å²) >= 11 is 0. The molecule has 0 saturated carbocycles. The standard InChI is InChI=1S/C47H56N10O8/c1-10-26-21(4)29-18-34-36(25(8)58)23(6)31(52-34)16-30-22(5)27(40(53-30)38-39(47(64)65-9)43(60)37-24(7)32(54-41(37)38)17-33(26)51-29)13-14-35(59)48-15-11-12-28(46(62)63)55-45(61)42-44(50-19-49-42)57-56-20(2)3/h16-22,26-28,39,52,54H,10-15H2,1-9H3,(H,48,59)(H,49,50)(H,55,61)(H,62,63)/b29-18?,30-16?,31-16?,32-17?,33-17?,34-18?,40-38?,57-56+/t21-,22+,26-,27+,28?,39+/m0/s1. The number of imidazole rings is 1. The molecule has 342 valence electrons. The first-order valence-corrected chi connectivity index (χ1v) is 22.1. The topological polar surface area (TPSA) is 267 Å². The fourth-order valence-electron chi connectivity index (χ4n) is 9.43. The Hall–Kier alpha value is -6.85. The van der Waals surface area contributed by atoms with Gasteiger partial charge >= 0.3 is 11.9 Å². The van der Waals surface area contributed by atoms with Gasteiger partial charge in [0.05, 0.1) is 36.2 Å². The van der Waals surface area contributed by atoms with Crippen molar-refractivity contribution in [1.82, 2.24) is 40.5 Å². The number of esters is 1. The molecule has 0 spiro atoms. The lowest BCUT2D eigenvalue weighted by atomic mass is 9.84. The third kappa shape index (κ3) is 8.85. The molecule has 4 aromatic heterocycles. The number of nitrogens with one attached hydrogen (secondary N) is 5. The van der Waals surface area contributed by atoms with Gasteiger partial charge in [0.2, 0.25) is 5.91 Å². The van der Waals surface area contributed by atoms with Crippen LogP contribution in [0.25, 0.3) is 22.1 Å². The quantitative estimate of drug-likeness (QED) is 0.0223. The predicted molar refractivity (Wildman–Crippen MR) is 241 cm³/mol. The van der Waals surface area contributed by atoms with Gasteiger partial charge in [-0.15, -0.1) is 5.11 Å². The van der Waals surface area contributed by atoms with Crippen LogP contribution in [0.5, 0.6) is 0 Å². The molecule has 0 aromatic carbocycles. The van der Waals surface area contributed by atoms with E-state index in [4.69, 9.17) is 14.7 Å². The van der Waals surface area contributed by atoms with E-state index in [2.05, 4.69) is 54.6 Å². The average Bonchev–Trinajstić information content (AvgIpc) is 4.09. The molecule has 65 heavy (non-hydrogen) atoms. The molecule has 18 heteroatoms. The normalized spacial score (nSPS) is 19.5. The Labute approximate surface area is 375 Å². The number of H-pyrrole nitrogens is 3. The Kier molecular flexibility index (Phi) is 13.3. The lowest BCUT2D eigenvalue weighted by molar-refractivity contribution is -0.141. The minimum absolute atomic E-state index is 0.0195. The number of azo groups is 1. The van der Waals surface area contributed by atoms with Crippen LogP contribution in [0, 0.1) is 13.8 Å². The van der Waals surface area contributed by atoms with E-state index < -0.39 is 41.5 Å². The first-order chi connectivity index (χ1) is 30.9. The van der Waals surface area contributed by atoms with Crippen molar-refractivity contribution in [2.75, 3.05) is 13.7 Å². The number of carbonyl (C=O) groups is 6. The number of fused-ring (bicyclic) bond motifs is 8. The number of rotatable bonds is 15. The number of hydrogen-bond acceptors (Lipinski definition) is 12. The number of carboxylic acids is 1. The maximum absolute atomic E-state index is 14.4. The van der Waals surface area contributed by atoms with Crippen molar-refractivity contribution < 1.29 is 38.6 Å². The molecule has 6 atom stereocenters. The zero-order valence-corrected chi connectivity index (χ0v) is 38.1. The van der Waals surface area contributed by atoms with Gasteiger partial charge in [-0.05, 0) is 89.6 Å². The zero-order chi connectivity index (χ0) is 47.0. The minimum atomic E-state index is -1.29. The molecule has 6 heterocycles. The smallest absolute Gasteiger partial charge is 0.326 e. The highest BCUT2D eigenvalue weighted by atomic mass is 16.5. The first-order valence-electron chi connectivity index (χ1n) is 22.1. The van der Waals surface area contributed by atoms with E-state index in [1.165, 1.54) is 20.4 Å². The summed E-state index contributed by atoms with van der Waals surface area (Å²) in [7, 11) is 1.24. The van der Waals surface area contributed by atoms with E-state index in [9.17, 15) is 33.9 Å². The highest BCUT2D eigenvalue weighted by Crippen LogP contribution is 2.48. The summed E-state index contributed by atoms with van der Waals surface area (Å²) in [6.07, 6.45) is 2.65. The molecule has 0 saturated heterocycles. The van der Waals surface area contributed by atoms with Gasteiger partial charge in [0.25, 0.3) is 5.91 Å². The van der Waals surface area contributed by atoms with E-state index in [1.54, 1.807) is 0 Å². The van der Waals surface area contributed by atoms with Gasteiger partial charge in [0, 0.05) is 81.4 Å². The van der Waals surface area contributed by atoms with Crippen molar-refractivity contribution in [2.24, 2.45) is 10.2 Å². The maximum Gasteiger partial charge on any atom is 0.326 e. The second kappa shape index (κ2) is 18.7. The van der Waals surface area contributed by atoms with Gasteiger partial charge in [-0.2, -0.15) is 5.11 Å². The molecule has 0 fully saturated rings. The SMILES string of the molecule is CC[C@@H]1c2cc3[nH]c4c(c3C)C(=O)[C@H](C(=O)OC)c4c3nc(cc4[nH]c(cc(n2)[C@H]1C)c(C(C)=O)c4C)[C@H](C)[C@H]3CCC(=O)NCCCC(NC(=O)c1nc[nH]c1/N=N/C(C)C)C(=O)O. The molecule has 8 bridgehead atoms. The van der Waals surface area contributed by atoms with Gasteiger partial charge < -0.3 is 35.4 Å². The maximum atomic E-state index is 14.4. The molecule has 7 rings (SSSR count). The van der Waals surface area contributed by atoms with Crippen molar-refractivity contribution in [3.8, 4) is 0 Å². The van der Waals surface area contributed by atoms with Gasteiger partial charge in [-0.1, -0.05) is 20.8 Å². The molecule has 0 radical (unpaired) electrons. The number of methoxy groups -OCH3 is 1. The number of ketones is 2. The molecule has 2 aliphatic heterocycles. The van der Waals surface area contributed by atoms with E-state index in [-0.39, 0.29) is 79.2 Å². The number of aromatic amines is 3. The third-order valence-electron chi connectivity index (χ3n) is 12.9. The van der Waals surface area contributed by atoms with Crippen LogP contribution in [0.15, 0.2) is 34.8 Å². The Morgan fingerprint density at radius 2 is 1.62 bits per heavy atom. The molecule has 2 amide bonds. The van der Waals surface area contributed by atoms with Gasteiger partial charge in [0.15, 0.2) is 23.1 Å². The molecule has 4 aromatic rings. The van der Waals surface area contributed by atoms with E-state index in [0.29, 0.717) is 55.7 Å². The Balaban J connectivity index is 1.21. The minimum Gasteiger partial charge on any atom is -0.480 e. The molecular formula is C47H56N10O8. The summed E-state index contributed by atoms with van der Waals surface area (Å²) in [5.41, 5.74) is 7.95. The third-order valence-corrected chi connectivity index (χ3v) is 12.9. The summed E-state index contributed by atoms with van der Waals surface area (Å²) < 4.78 is 5.23. The van der Waals surface area contributed by atoms with E-state index in [0.717, 1.165) is 23.4 Å². The van der Waals surface area contributed by atoms with Gasteiger partial charge in [-0.3, -0.25) is 33.9 Å². The Morgan fingerprint density at radius 1 is 0.938 bits per heavy atom. The van der Waals surface area contributed by atoms with Crippen LogP contribution in [-0.2, 0) is 19.1 Å². The highest BCUT2D eigenvalue weighted by Gasteiger charge is 2.45. The number of carboxylic acid groups (broad SMARTS) is 1. The Morgan fingerprint density at radius 3 is 2.29 bits per heavy atom. The number of ether oxygens (including phenoxy) is 1. The fraction of sp³-hybridized carbons (Fsp3) is 0.468. The second-order valence-electron chi connectivity index (χ2n) is 17.5. The molecule has 6 N–H and O–H groups in total. The number of nitrogens with zero attached hydrogens (tertiary/aromatic N) is 5. The first kappa shape index (κ1) is 46.2. The number of aryl methyl sites for hydroxylation is 2. The van der Waals surface area contributed by atoms with Crippen molar-refractivity contribution in [1.29, 1.82) is 0 Å². The monoisotopic (exact) mass is 888 g/mol. The number of amides is 2. The Bertz CT molecular complexity index is 2800. The van der Waals surface area contributed by atoms with E-state index >= 15 is 0 Å². The fourth-order valence-corrected chi connectivity index (χ4v) is 9.43. The molecule has 1 unspecified atom stereocenters. The summed E-state index contributed by atoms with van der Waals surface area (Å²) in [5, 5.41) is 23.2. The van der Waals surface area contributed by atoms with Crippen molar-refractivity contribution in [3.63, 3.8) is 0 Å². The van der Waals surface area contributed by atoms with Crippen LogP contribution in [0.1, 0.15) is 174 Å². The molecule has 18 nitrogen and oxygen atoms in total. The number of Topliss-reactive ketones (excluding diaryl/α,β-unsaturated/α-hetero) is 2.